The molecule has 1 aromatic carbocycles. The molecule has 0 bridgehead atoms. The molecule has 1 aromatic heterocycles. The number of nitrogens with two attached hydrogens (primary N) is 1. The first kappa shape index (κ1) is 11.8. The average molecular weight is 233 g/mol. The van der Waals surface area contributed by atoms with Gasteiger partial charge in [0.2, 0.25) is 0 Å². The number of rotatable bonds is 2. The van der Waals surface area contributed by atoms with E-state index in [2.05, 4.69) is 4.98 Å². The number of aromatic nitrogens is 1. The highest BCUT2D eigenvalue weighted by Crippen LogP contribution is 2.28. The summed E-state index contributed by atoms with van der Waals surface area (Å²) in [6, 6.07) is 4.91. The predicted molar refractivity (Wildman–Crippen MR) is 68.7 cm³/mol. The van der Waals surface area contributed by atoms with Crippen molar-refractivity contribution >= 4 is 16.6 Å². The average Bonchev–Trinajstić information content (AvgIpc) is 2.27. The lowest BCUT2D eigenvalue weighted by Crippen LogP contribution is -2.11. The Bertz CT molecular complexity index is 564. The number of benzene rings is 1. The van der Waals surface area contributed by atoms with Gasteiger partial charge in [-0.3, -0.25) is 4.98 Å². The summed E-state index contributed by atoms with van der Waals surface area (Å²) in [6.45, 7) is 2.22. The van der Waals surface area contributed by atoms with E-state index in [-0.39, 0.29) is 12.4 Å². The van der Waals surface area contributed by atoms with Crippen LogP contribution in [0.25, 0.3) is 10.9 Å². The van der Waals surface area contributed by atoms with E-state index in [0.717, 1.165) is 27.8 Å². The maximum absolute atomic E-state index is 13.5. The van der Waals surface area contributed by atoms with Crippen molar-refractivity contribution in [2.45, 2.75) is 13.5 Å². The van der Waals surface area contributed by atoms with Gasteiger partial charge >= 0.3 is 0 Å². The normalized spacial score (nSPS) is 10.9. The van der Waals surface area contributed by atoms with Gasteiger partial charge in [0.15, 0.2) is 0 Å². The summed E-state index contributed by atoms with van der Waals surface area (Å²) in [7, 11) is 3.86. The number of fused-ring (bicyclic) bond motifs is 1. The van der Waals surface area contributed by atoms with E-state index in [0.29, 0.717) is 0 Å². The van der Waals surface area contributed by atoms with Gasteiger partial charge < -0.3 is 10.6 Å². The van der Waals surface area contributed by atoms with Crippen LogP contribution in [0.5, 0.6) is 0 Å². The van der Waals surface area contributed by atoms with E-state index in [4.69, 9.17) is 5.73 Å². The molecule has 0 spiro atoms. The van der Waals surface area contributed by atoms with Crippen molar-refractivity contribution in [3.05, 3.63) is 35.3 Å². The summed E-state index contributed by atoms with van der Waals surface area (Å²) in [6.07, 6.45) is 0. The largest absolute Gasteiger partial charge is 0.377 e. The van der Waals surface area contributed by atoms with Crippen LogP contribution in [0.2, 0.25) is 0 Å². The molecule has 0 saturated carbocycles. The van der Waals surface area contributed by atoms with E-state index in [1.165, 1.54) is 12.1 Å². The number of anilines is 1. The van der Waals surface area contributed by atoms with Gasteiger partial charge in [-0.05, 0) is 30.7 Å². The van der Waals surface area contributed by atoms with Gasteiger partial charge in [-0.25, -0.2) is 4.39 Å². The van der Waals surface area contributed by atoms with E-state index in [1.807, 2.05) is 32.0 Å². The van der Waals surface area contributed by atoms with Gasteiger partial charge in [-0.1, -0.05) is 0 Å². The van der Waals surface area contributed by atoms with E-state index >= 15 is 0 Å². The summed E-state index contributed by atoms with van der Waals surface area (Å²) in [5.41, 5.74) is 9.04. The van der Waals surface area contributed by atoms with Crippen LogP contribution < -0.4 is 10.6 Å². The molecule has 3 nitrogen and oxygen atoms in total. The standard InChI is InChI=1S/C13H16FN3/c1-8-4-12(17(2)3)11-6-10(14)5-9(7-15)13(11)16-8/h4-6H,7,15H2,1-3H3. The lowest BCUT2D eigenvalue weighted by molar-refractivity contribution is 0.627. The Hall–Kier alpha value is -1.68. The molecule has 17 heavy (non-hydrogen) atoms. The van der Waals surface area contributed by atoms with Crippen LogP contribution >= 0.6 is 0 Å². The van der Waals surface area contributed by atoms with Crippen molar-refractivity contribution in [1.82, 2.24) is 4.98 Å². The Kier molecular flexibility index (Phi) is 2.98. The van der Waals surface area contributed by atoms with Crippen molar-refractivity contribution in [2.75, 3.05) is 19.0 Å². The molecule has 90 valence electrons. The smallest absolute Gasteiger partial charge is 0.124 e. The van der Waals surface area contributed by atoms with Crippen LogP contribution in [0.4, 0.5) is 10.1 Å². The van der Waals surface area contributed by atoms with Crippen molar-refractivity contribution < 1.29 is 4.39 Å². The fraction of sp³-hybridized carbons (Fsp3) is 0.308. The molecule has 0 fully saturated rings. The Morgan fingerprint density at radius 1 is 1.29 bits per heavy atom. The third-order valence-corrected chi connectivity index (χ3v) is 2.77. The molecule has 2 aromatic rings. The molecule has 4 heteroatoms. The fourth-order valence-electron chi connectivity index (χ4n) is 1.99. The molecule has 0 atom stereocenters. The first-order valence-corrected chi connectivity index (χ1v) is 5.50. The highest BCUT2D eigenvalue weighted by molar-refractivity contribution is 5.93. The second-order valence-corrected chi connectivity index (χ2v) is 4.34. The maximum atomic E-state index is 13.5. The van der Waals surface area contributed by atoms with E-state index < -0.39 is 0 Å². The monoisotopic (exact) mass is 233 g/mol. The van der Waals surface area contributed by atoms with Gasteiger partial charge in [0.05, 0.1) is 5.52 Å². The molecule has 0 unspecified atom stereocenters. The predicted octanol–water partition coefficient (Wildman–Crippen LogP) is 2.21. The summed E-state index contributed by atoms with van der Waals surface area (Å²) in [4.78, 5) is 6.41. The fourth-order valence-corrected chi connectivity index (χ4v) is 1.99. The lowest BCUT2D eigenvalue weighted by atomic mass is 10.1. The minimum atomic E-state index is -0.272. The van der Waals surface area contributed by atoms with Crippen LogP contribution in [0.1, 0.15) is 11.3 Å². The Morgan fingerprint density at radius 2 is 2.00 bits per heavy atom. The molecule has 0 aliphatic rings. The van der Waals surface area contributed by atoms with Crippen molar-refractivity contribution in [3.63, 3.8) is 0 Å². The number of halogens is 1. The summed E-state index contributed by atoms with van der Waals surface area (Å²) >= 11 is 0. The molecule has 1 heterocycles. The first-order valence-electron chi connectivity index (χ1n) is 5.50. The zero-order chi connectivity index (χ0) is 12.6. The molecular formula is C13H16FN3. The number of nitrogens with zero attached hydrogens (tertiary/aromatic N) is 2. The van der Waals surface area contributed by atoms with E-state index in [9.17, 15) is 4.39 Å². The lowest BCUT2D eigenvalue weighted by Gasteiger charge is -2.17. The van der Waals surface area contributed by atoms with Crippen LogP contribution in [0.15, 0.2) is 18.2 Å². The third-order valence-electron chi connectivity index (χ3n) is 2.77. The molecule has 0 radical (unpaired) electrons. The third kappa shape index (κ3) is 2.08. The molecule has 2 N–H and O–H groups in total. The molecule has 0 aliphatic carbocycles. The molecular weight excluding hydrogens is 217 g/mol. The molecule has 2 rings (SSSR count). The van der Waals surface area contributed by atoms with Crippen LogP contribution in [-0.2, 0) is 6.54 Å². The molecule has 0 aliphatic heterocycles. The van der Waals surface area contributed by atoms with Crippen molar-refractivity contribution in [3.8, 4) is 0 Å². The zero-order valence-corrected chi connectivity index (χ0v) is 10.3. The van der Waals surface area contributed by atoms with Crippen molar-refractivity contribution in [1.29, 1.82) is 0 Å². The van der Waals surface area contributed by atoms with Gasteiger partial charge in [0.25, 0.3) is 0 Å². The number of pyridine rings is 1. The highest BCUT2D eigenvalue weighted by Gasteiger charge is 2.10. The second kappa shape index (κ2) is 4.30. The topological polar surface area (TPSA) is 42.1 Å². The van der Waals surface area contributed by atoms with Gasteiger partial charge in [0, 0.05) is 37.4 Å². The van der Waals surface area contributed by atoms with Crippen LogP contribution in [0.3, 0.4) is 0 Å². The van der Waals surface area contributed by atoms with Crippen molar-refractivity contribution in [2.24, 2.45) is 5.73 Å². The summed E-state index contributed by atoms with van der Waals surface area (Å²) in [5.74, 6) is -0.272. The number of hydrogen-bond donors (Lipinski definition) is 1. The Labute approximate surface area is 100 Å². The van der Waals surface area contributed by atoms with Crippen LogP contribution in [-0.4, -0.2) is 19.1 Å². The van der Waals surface area contributed by atoms with Gasteiger partial charge in [-0.2, -0.15) is 0 Å². The Morgan fingerprint density at radius 3 is 2.59 bits per heavy atom. The zero-order valence-electron chi connectivity index (χ0n) is 10.3. The molecule has 0 saturated heterocycles. The minimum Gasteiger partial charge on any atom is -0.377 e. The minimum absolute atomic E-state index is 0.272. The number of hydrogen-bond acceptors (Lipinski definition) is 3. The highest BCUT2D eigenvalue weighted by atomic mass is 19.1. The Balaban J connectivity index is 2.88. The van der Waals surface area contributed by atoms with E-state index in [1.54, 1.807) is 0 Å². The van der Waals surface area contributed by atoms with Gasteiger partial charge in [0.1, 0.15) is 5.82 Å². The second-order valence-electron chi connectivity index (χ2n) is 4.34. The first-order chi connectivity index (χ1) is 8.02. The number of aryl methyl sites for hydroxylation is 1. The molecule has 0 amide bonds. The maximum Gasteiger partial charge on any atom is 0.124 e. The van der Waals surface area contributed by atoms with Gasteiger partial charge in [-0.15, -0.1) is 0 Å². The summed E-state index contributed by atoms with van der Waals surface area (Å²) < 4.78 is 13.5. The SMILES string of the molecule is Cc1cc(N(C)C)c2cc(F)cc(CN)c2n1. The summed E-state index contributed by atoms with van der Waals surface area (Å²) in [5, 5.41) is 0.807. The van der Waals surface area contributed by atoms with Crippen LogP contribution in [0, 0.1) is 12.7 Å². The quantitative estimate of drug-likeness (QED) is 0.864.